The number of para-hydroxylation sites is 1. The molecule has 21 heavy (non-hydrogen) atoms. The highest BCUT2D eigenvalue weighted by molar-refractivity contribution is 5.49. The van der Waals surface area contributed by atoms with Gasteiger partial charge in [-0.15, -0.1) is 0 Å². The molecule has 3 N–H and O–H groups in total. The fourth-order valence-electron chi connectivity index (χ4n) is 1.83. The van der Waals surface area contributed by atoms with Crippen LogP contribution in [-0.4, -0.2) is 17.6 Å². The Morgan fingerprint density at radius 1 is 0.952 bits per heavy atom. The van der Waals surface area contributed by atoms with E-state index in [0.29, 0.717) is 0 Å². The molecule has 0 bridgehead atoms. The summed E-state index contributed by atoms with van der Waals surface area (Å²) in [6.45, 7) is 4.13. The minimum Gasteiger partial charge on any atom is -0.491 e. The fourth-order valence-corrected chi connectivity index (χ4v) is 1.83. The van der Waals surface area contributed by atoms with E-state index in [4.69, 9.17) is 4.74 Å². The molecule has 2 rings (SSSR count). The molecule has 2 unspecified atom stereocenters. The van der Waals surface area contributed by atoms with Crippen molar-refractivity contribution < 1.29 is 9.84 Å². The van der Waals surface area contributed by atoms with Crippen molar-refractivity contribution in [2.24, 2.45) is 0 Å². The van der Waals surface area contributed by atoms with Crippen LogP contribution in [0, 0.1) is 0 Å². The minimum atomic E-state index is -0.853. The standard InChI is InChI=1S/C17H22N2O2/c1-3-13(2)21-16-11-9-15(10-12-16)19-17(20)18-14-7-5-4-6-8-14/h4-13,17-20H,3H2,1-2H3. The first kappa shape index (κ1) is 15.2. The summed E-state index contributed by atoms with van der Waals surface area (Å²) >= 11 is 0. The second-order valence-electron chi connectivity index (χ2n) is 4.92. The van der Waals surface area contributed by atoms with Gasteiger partial charge in [0, 0.05) is 11.4 Å². The predicted octanol–water partition coefficient (Wildman–Crippen LogP) is 3.66. The quantitative estimate of drug-likeness (QED) is 0.680. The maximum absolute atomic E-state index is 9.96. The van der Waals surface area contributed by atoms with Crippen molar-refractivity contribution in [3.05, 3.63) is 54.6 Å². The first-order chi connectivity index (χ1) is 10.2. The van der Waals surface area contributed by atoms with Crippen LogP contribution in [0.3, 0.4) is 0 Å². The van der Waals surface area contributed by atoms with E-state index in [0.717, 1.165) is 23.5 Å². The molecule has 0 aliphatic rings. The Morgan fingerprint density at radius 3 is 2.10 bits per heavy atom. The van der Waals surface area contributed by atoms with Gasteiger partial charge >= 0.3 is 0 Å². The van der Waals surface area contributed by atoms with Gasteiger partial charge < -0.3 is 20.5 Å². The molecule has 0 amide bonds. The van der Waals surface area contributed by atoms with E-state index in [1.807, 2.05) is 61.5 Å². The van der Waals surface area contributed by atoms with Crippen LogP contribution < -0.4 is 15.4 Å². The van der Waals surface area contributed by atoms with Gasteiger partial charge in [0.2, 0.25) is 6.35 Å². The van der Waals surface area contributed by atoms with Crippen LogP contribution in [0.25, 0.3) is 0 Å². The molecule has 2 atom stereocenters. The Labute approximate surface area is 125 Å². The molecule has 2 aromatic carbocycles. The molecular formula is C17H22N2O2. The monoisotopic (exact) mass is 286 g/mol. The normalized spacial score (nSPS) is 13.3. The number of nitrogens with one attached hydrogen (secondary N) is 2. The van der Waals surface area contributed by atoms with Gasteiger partial charge in [0.1, 0.15) is 5.75 Å². The molecule has 4 nitrogen and oxygen atoms in total. The summed E-state index contributed by atoms with van der Waals surface area (Å²) in [5, 5.41) is 15.9. The van der Waals surface area contributed by atoms with Gasteiger partial charge in [0.15, 0.2) is 0 Å². The molecule has 0 saturated carbocycles. The SMILES string of the molecule is CCC(C)Oc1ccc(NC(O)Nc2ccccc2)cc1. The van der Waals surface area contributed by atoms with Gasteiger partial charge in [-0.2, -0.15) is 0 Å². The van der Waals surface area contributed by atoms with E-state index >= 15 is 0 Å². The molecule has 0 heterocycles. The van der Waals surface area contributed by atoms with Gasteiger partial charge in [0.25, 0.3) is 0 Å². The lowest BCUT2D eigenvalue weighted by Gasteiger charge is -2.17. The number of ether oxygens (including phenoxy) is 1. The zero-order valence-electron chi connectivity index (χ0n) is 12.4. The third-order valence-electron chi connectivity index (χ3n) is 3.15. The number of benzene rings is 2. The van der Waals surface area contributed by atoms with E-state index in [2.05, 4.69) is 17.6 Å². The van der Waals surface area contributed by atoms with Crippen LogP contribution in [0.2, 0.25) is 0 Å². The number of hydrogen-bond acceptors (Lipinski definition) is 4. The highest BCUT2D eigenvalue weighted by atomic mass is 16.5. The molecule has 0 spiro atoms. The third kappa shape index (κ3) is 5.00. The van der Waals surface area contributed by atoms with Gasteiger partial charge in [-0.25, -0.2) is 0 Å². The number of aliphatic hydroxyl groups is 1. The Kier molecular flexibility index (Phi) is 5.46. The van der Waals surface area contributed by atoms with E-state index in [1.54, 1.807) is 0 Å². The summed E-state index contributed by atoms with van der Waals surface area (Å²) < 4.78 is 5.71. The molecule has 0 aliphatic heterocycles. The van der Waals surface area contributed by atoms with Crippen LogP contribution in [0.4, 0.5) is 11.4 Å². The first-order valence-corrected chi connectivity index (χ1v) is 7.20. The van der Waals surface area contributed by atoms with E-state index in [1.165, 1.54) is 0 Å². The Morgan fingerprint density at radius 2 is 1.52 bits per heavy atom. The molecular weight excluding hydrogens is 264 g/mol. The Balaban J connectivity index is 1.88. The highest BCUT2D eigenvalue weighted by Gasteiger charge is 2.04. The van der Waals surface area contributed by atoms with Crippen LogP contribution in [0.1, 0.15) is 20.3 Å². The van der Waals surface area contributed by atoms with Crippen molar-refractivity contribution in [2.45, 2.75) is 32.7 Å². The average molecular weight is 286 g/mol. The lowest BCUT2D eigenvalue weighted by atomic mass is 10.3. The average Bonchev–Trinajstić information content (AvgIpc) is 2.50. The maximum atomic E-state index is 9.96. The second-order valence-corrected chi connectivity index (χ2v) is 4.92. The molecule has 0 saturated heterocycles. The zero-order chi connectivity index (χ0) is 15.1. The van der Waals surface area contributed by atoms with Crippen LogP contribution >= 0.6 is 0 Å². The van der Waals surface area contributed by atoms with Crippen molar-refractivity contribution >= 4 is 11.4 Å². The lowest BCUT2D eigenvalue weighted by Crippen LogP contribution is -2.27. The summed E-state index contributed by atoms with van der Waals surface area (Å²) in [6, 6.07) is 17.1. The van der Waals surface area contributed by atoms with E-state index < -0.39 is 6.35 Å². The summed E-state index contributed by atoms with van der Waals surface area (Å²) in [6.07, 6.45) is 0.322. The Hall–Kier alpha value is -2.20. The largest absolute Gasteiger partial charge is 0.491 e. The van der Waals surface area contributed by atoms with Crippen molar-refractivity contribution in [3.63, 3.8) is 0 Å². The van der Waals surface area contributed by atoms with Gasteiger partial charge in [-0.3, -0.25) is 0 Å². The van der Waals surface area contributed by atoms with Gasteiger partial charge in [-0.05, 0) is 49.7 Å². The predicted molar refractivity (Wildman–Crippen MR) is 86.5 cm³/mol. The summed E-state index contributed by atoms with van der Waals surface area (Å²) in [5.74, 6) is 0.834. The van der Waals surface area contributed by atoms with Crippen LogP contribution in [0.15, 0.2) is 54.6 Å². The number of anilines is 2. The topological polar surface area (TPSA) is 53.5 Å². The molecule has 0 fully saturated rings. The zero-order valence-corrected chi connectivity index (χ0v) is 12.4. The molecule has 4 heteroatoms. The number of hydrogen-bond donors (Lipinski definition) is 3. The Bertz CT molecular complexity index is 528. The smallest absolute Gasteiger partial charge is 0.202 e. The van der Waals surface area contributed by atoms with Crippen molar-refractivity contribution in [1.29, 1.82) is 0 Å². The molecule has 2 aromatic rings. The third-order valence-corrected chi connectivity index (χ3v) is 3.15. The highest BCUT2D eigenvalue weighted by Crippen LogP contribution is 2.18. The molecule has 112 valence electrons. The molecule has 0 aromatic heterocycles. The van der Waals surface area contributed by atoms with Gasteiger partial charge in [0.05, 0.1) is 6.10 Å². The molecule has 0 radical (unpaired) electrons. The van der Waals surface area contributed by atoms with Crippen molar-refractivity contribution in [1.82, 2.24) is 0 Å². The lowest BCUT2D eigenvalue weighted by molar-refractivity contribution is 0.217. The minimum absolute atomic E-state index is 0.203. The van der Waals surface area contributed by atoms with E-state index in [-0.39, 0.29) is 6.10 Å². The number of aliphatic hydroxyl groups excluding tert-OH is 1. The van der Waals surface area contributed by atoms with E-state index in [9.17, 15) is 5.11 Å². The second kappa shape index (κ2) is 7.55. The summed E-state index contributed by atoms with van der Waals surface area (Å²) in [7, 11) is 0. The first-order valence-electron chi connectivity index (χ1n) is 7.20. The van der Waals surface area contributed by atoms with Crippen LogP contribution in [0.5, 0.6) is 5.75 Å². The fraction of sp³-hybridized carbons (Fsp3) is 0.294. The van der Waals surface area contributed by atoms with Crippen molar-refractivity contribution in [3.8, 4) is 5.75 Å². The molecule has 0 aliphatic carbocycles. The number of rotatable bonds is 7. The van der Waals surface area contributed by atoms with Crippen molar-refractivity contribution in [2.75, 3.05) is 10.6 Å². The summed E-state index contributed by atoms with van der Waals surface area (Å²) in [5.41, 5.74) is 1.68. The van der Waals surface area contributed by atoms with Crippen LogP contribution in [-0.2, 0) is 0 Å². The summed E-state index contributed by atoms with van der Waals surface area (Å²) in [4.78, 5) is 0. The maximum Gasteiger partial charge on any atom is 0.202 e. The van der Waals surface area contributed by atoms with Gasteiger partial charge in [-0.1, -0.05) is 25.1 Å².